The maximum absolute atomic E-state index is 13.0. The first-order chi connectivity index (χ1) is 11.6. The number of piperidine rings is 3. The van der Waals surface area contributed by atoms with E-state index in [0.29, 0.717) is 18.8 Å². The molecular weight excluding hydrogens is 308 g/mol. The molecule has 6 heteroatoms. The molecular formula is C18H22N2O4. The number of esters is 1. The van der Waals surface area contributed by atoms with Crippen molar-refractivity contribution < 1.29 is 14.5 Å². The molecule has 2 bridgehead atoms. The molecule has 1 aromatic carbocycles. The van der Waals surface area contributed by atoms with Crippen LogP contribution in [0.4, 0.5) is 5.69 Å². The Morgan fingerprint density at radius 3 is 2.58 bits per heavy atom. The van der Waals surface area contributed by atoms with Crippen molar-refractivity contribution in [2.45, 2.75) is 43.6 Å². The zero-order valence-electron chi connectivity index (χ0n) is 13.6. The van der Waals surface area contributed by atoms with Crippen LogP contribution in [0.5, 0.6) is 0 Å². The quantitative estimate of drug-likeness (QED) is 0.482. The lowest BCUT2D eigenvalue weighted by molar-refractivity contribution is -0.385. The Hall–Kier alpha value is -1.95. The van der Waals surface area contributed by atoms with Gasteiger partial charge in [0.2, 0.25) is 0 Å². The molecule has 1 aliphatic carbocycles. The van der Waals surface area contributed by atoms with Gasteiger partial charge < -0.3 is 4.74 Å². The van der Waals surface area contributed by atoms with Crippen LogP contribution in [0, 0.1) is 16.0 Å². The van der Waals surface area contributed by atoms with Gasteiger partial charge in [-0.3, -0.25) is 19.8 Å². The van der Waals surface area contributed by atoms with Gasteiger partial charge in [-0.15, -0.1) is 0 Å². The molecule has 1 unspecified atom stereocenters. The summed E-state index contributed by atoms with van der Waals surface area (Å²) in [6.45, 7) is 3.05. The van der Waals surface area contributed by atoms with Crippen molar-refractivity contribution in [3.63, 3.8) is 0 Å². The second-order valence-electron chi connectivity index (χ2n) is 7.32. The fraction of sp³-hybridized carbons (Fsp3) is 0.611. The number of rotatable bonds is 4. The summed E-state index contributed by atoms with van der Waals surface area (Å²) >= 11 is 0. The average molecular weight is 330 g/mol. The third kappa shape index (κ3) is 2.49. The molecule has 0 spiro atoms. The summed E-state index contributed by atoms with van der Waals surface area (Å²) in [4.78, 5) is 26.0. The Morgan fingerprint density at radius 1 is 1.29 bits per heavy atom. The number of ether oxygens (including phenoxy) is 1. The molecule has 0 radical (unpaired) electrons. The van der Waals surface area contributed by atoms with Gasteiger partial charge in [0.1, 0.15) is 6.10 Å². The van der Waals surface area contributed by atoms with Gasteiger partial charge in [-0.25, -0.2) is 0 Å². The van der Waals surface area contributed by atoms with E-state index in [1.165, 1.54) is 12.1 Å². The van der Waals surface area contributed by atoms with E-state index < -0.39 is 10.3 Å². The van der Waals surface area contributed by atoms with Gasteiger partial charge in [0.15, 0.2) is 0 Å². The predicted molar refractivity (Wildman–Crippen MR) is 87.7 cm³/mol. The number of benzene rings is 1. The molecule has 4 fully saturated rings. The Kier molecular flexibility index (Phi) is 3.79. The third-order valence-corrected chi connectivity index (χ3v) is 6.06. The lowest BCUT2D eigenvalue weighted by Gasteiger charge is -2.46. The Bertz CT molecular complexity index is 663. The number of fused-ring (bicyclic) bond motifs is 3. The highest BCUT2D eigenvalue weighted by molar-refractivity contribution is 5.85. The molecule has 3 saturated heterocycles. The van der Waals surface area contributed by atoms with E-state index in [9.17, 15) is 14.9 Å². The summed E-state index contributed by atoms with van der Waals surface area (Å²) in [5.74, 6) is 0.286. The number of carbonyl (C=O) groups is 1. The van der Waals surface area contributed by atoms with Crippen LogP contribution in [0.25, 0.3) is 0 Å². The van der Waals surface area contributed by atoms with E-state index in [1.807, 2.05) is 6.07 Å². The summed E-state index contributed by atoms with van der Waals surface area (Å²) in [6, 6.07) is 6.49. The molecule has 6 nitrogen and oxygen atoms in total. The standard InChI is InChI=1S/C18H22N2O4/c21-17(24-16-12-19-9-5-13(16)6-10-19)18(7-2-8-18)14-3-1-4-15(11-14)20(22)23/h1,3-4,11,13,16H,2,5-10,12H2. The number of nitro benzene ring substituents is 1. The maximum Gasteiger partial charge on any atom is 0.316 e. The van der Waals surface area contributed by atoms with Crippen molar-refractivity contribution >= 4 is 11.7 Å². The summed E-state index contributed by atoms with van der Waals surface area (Å²) in [7, 11) is 0. The number of nitrogens with zero attached hydrogens (tertiary/aromatic N) is 2. The van der Waals surface area contributed by atoms with Gasteiger partial charge in [-0.1, -0.05) is 18.6 Å². The van der Waals surface area contributed by atoms with Crippen LogP contribution >= 0.6 is 0 Å². The second-order valence-corrected chi connectivity index (χ2v) is 7.32. The number of hydrogen-bond acceptors (Lipinski definition) is 5. The SMILES string of the molecule is O=C(OC1CN2CCC1CC2)C1(c2cccc([N+](=O)[O-])c2)CCC1. The highest BCUT2D eigenvalue weighted by atomic mass is 16.6. The highest BCUT2D eigenvalue weighted by Crippen LogP contribution is 2.46. The van der Waals surface area contributed by atoms with E-state index in [1.54, 1.807) is 6.07 Å². The molecule has 5 rings (SSSR count). The molecule has 128 valence electrons. The number of non-ortho nitro benzene ring substituents is 1. The first kappa shape index (κ1) is 15.6. The van der Waals surface area contributed by atoms with Gasteiger partial charge in [0.25, 0.3) is 5.69 Å². The van der Waals surface area contributed by atoms with E-state index in [0.717, 1.165) is 44.5 Å². The van der Waals surface area contributed by atoms with Gasteiger partial charge in [0, 0.05) is 18.7 Å². The Balaban J connectivity index is 1.55. The first-order valence-corrected chi connectivity index (χ1v) is 8.77. The number of carbonyl (C=O) groups excluding carboxylic acids is 1. The molecule has 0 N–H and O–H groups in total. The second kappa shape index (κ2) is 5.84. The fourth-order valence-electron chi connectivity index (χ4n) is 4.35. The maximum atomic E-state index is 13.0. The summed E-state index contributed by atoms with van der Waals surface area (Å²) in [5, 5.41) is 11.0. The smallest absolute Gasteiger partial charge is 0.316 e. The Labute approximate surface area is 140 Å². The number of hydrogen-bond donors (Lipinski definition) is 0. The summed E-state index contributed by atoms with van der Waals surface area (Å²) in [6.07, 6.45) is 4.57. The van der Waals surface area contributed by atoms with Crippen molar-refractivity contribution in [1.82, 2.24) is 4.90 Å². The zero-order valence-corrected chi connectivity index (χ0v) is 13.6. The molecule has 3 heterocycles. The largest absolute Gasteiger partial charge is 0.460 e. The van der Waals surface area contributed by atoms with Crippen molar-refractivity contribution in [1.29, 1.82) is 0 Å². The third-order valence-electron chi connectivity index (χ3n) is 6.06. The zero-order chi connectivity index (χ0) is 16.7. The lowest BCUT2D eigenvalue weighted by Crippen LogP contribution is -2.54. The van der Waals surface area contributed by atoms with Gasteiger partial charge in [-0.05, 0) is 50.3 Å². The molecule has 24 heavy (non-hydrogen) atoms. The van der Waals surface area contributed by atoms with E-state index in [4.69, 9.17) is 4.74 Å². The minimum Gasteiger partial charge on any atom is -0.460 e. The summed E-state index contributed by atoms with van der Waals surface area (Å²) in [5.41, 5.74) is 0.0848. The normalized spacial score (nSPS) is 30.4. The van der Waals surface area contributed by atoms with Crippen molar-refractivity contribution in [3.05, 3.63) is 39.9 Å². The molecule has 4 aliphatic rings. The van der Waals surface area contributed by atoms with Crippen molar-refractivity contribution in [2.75, 3.05) is 19.6 Å². The first-order valence-electron chi connectivity index (χ1n) is 8.77. The fourth-order valence-corrected chi connectivity index (χ4v) is 4.35. The van der Waals surface area contributed by atoms with Crippen molar-refractivity contribution in [3.8, 4) is 0 Å². The predicted octanol–water partition coefficient (Wildman–Crippen LogP) is 2.65. The number of nitro groups is 1. The average Bonchev–Trinajstić information content (AvgIpc) is 2.55. The van der Waals surface area contributed by atoms with Crippen LogP contribution in [0.15, 0.2) is 24.3 Å². The van der Waals surface area contributed by atoms with Crippen LogP contribution in [-0.2, 0) is 14.9 Å². The monoisotopic (exact) mass is 330 g/mol. The van der Waals surface area contributed by atoms with E-state index in [-0.39, 0.29) is 17.8 Å². The minimum absolute atomic E-state index is 0.0174. The van der Waals surface area contributed by atoms with Crippen LogP contribution in [0.3, 0.4) is 0 Å². The highest BCUT2D eigenvalue weighted by Gasteiger charge is 2.49. The summed E-state index contributed by atoms with van der Waals surface area (Å²) < 4.78 is 5.94. The van der Waals surface area contributed by atoms with Crippen LogP contribution in [0.2, 0.25) is 0 Å². The molecule has 3 aliphatic heterocycles. The van der Waals surface area contributed by atoms with Crippen LogP contribution < -0.4 is 0 Å². The van der Waals surface area contributed by atoms with Gasteiger partial charge in [0.05, 0.1) is 10.3 Å². The van der Waals surface area contributed by atoms with E-state index >= 15 is 0 Å². The molecule has 0 aromatic heterocycles. The van der Waals surface area contributed by atoms with Crippen molar-refractivity contribution in [2.24, 2.45) is 5.92 Å². The molecule has 1 aromatic rings. The van der Waals surface area contributed by atoms with Gasteiger partial charge >= 0.3 is 5.97 Å². The molecule has 0 amide bonds. The Morgan fingerprint density at radius 2 is 2.04 bits per heavy atom. The lowest BCUT2D eigenvalue weighted by atomic mass is 9.64. The van der Waals surface area contributed by atoms with E-state index in [2.05, 4.69) is 4.90 Å². The molecule has 1 saturated carbocycles. The van der Waals surface area contributed by atoms with Gasteiger partial charge in [-0.2, -0.15) is 0 Å². The minimum atomic E-state index is -0.682. The van der Waals surface area contributed by atoms with Crippen LogP contribution in [0.1, 0.15) is 37.7 Å². The topological polar surface area (TPSA) is 72.7 Å². The van der Waals surface area contributed by atoms with Crippen LogP contribution in [-0.4, -0.2) is 41.5 Å². The molecule has 1 atom stereocenters.